The third kappa shape index (κ3) is 7.86. The van der Waals surface area contributed by atoms with E-state index >= 15 is 0 Å². The third-order valence-corrected chi connectivity index (χ3v) is 10.2. The zero-order chi connectivity index (χ0) is 22.3. The second-order valence-electron chi connectivity index (χ2n) is 9.40. The number of rotatable bonds is 16. The van der Waals surface area contributed by atoms with E-state index in [1.807, 2.05) is 0 Å². The summed E-state index contributed by atoms with van der Waals surface area (Å²) in [6.07, 6.45) is 18.6. The van der Waals surface area contributed by atoms with Gasteiger partial charge in [-0.05, 0) is 29.6 Å². The van der Waals surface area contributed by atoms with Crippen molar-refractivity contribution in [2.45, 2.75) is 103 Å². The van der Waals surface area contributed by atoms with Crippen LogP contribution in [0.4, 0.5) is 0 Å². The van der Waals surface area contributed by atoms with E-state index in [-0.39, 0.29) is 0 Å². The largest absolute Gasteiger partial charge is 0.407 e. The van der Waals surface area contributed by atoms with Crippen molar-refractivity contribution in [2.24, 2.45) is 0 Å². The van der Waals surface area contributed by atoms with Crippen LogP contribution in [0.1, 0.15) is 96.8 Å². The van der Waals surface area contributed by atoms with Crippen molar-refractivity contribution in [3.8, 4) is 0 Å². The molecule has 0 N–H and O–H groups in total. The maximum absolute atomic E-state index is 6.98. The standard InChI is InChI=1S/C29H44O2Si/c1-2-3-4-5-6-7-8-9-10-19-26-30-32(28-22-13-11-14-23-28,29-24-15-12-16-25-29)31-27-20-17-18-21-27/h11-16,22-25,27H,2-10,17-21,26H2,1H3. The smallest absolute Gasteiger partial charge is 0.388 e. The van der Waals surface area contributed by atoms with E-state index in [1.54, 1.807) is 0 Å². The first-order valence-electron chi connectivity index (χ1n) is 13.3. The highest BCUT2D eigenvalue weighted by atomic mass is 28.4. The Morgan fingerprint density at radius 2 is 1.12 bits per heavy atom. The first-order chi connectivity index (χ1) is 15.8. The second-order valence-corrected chi connectivity index (χ2v) is 12.3. The minimum absolute atomic E-state index is 0.329. The van der Waals surface area contributed by atoms with Crippen molar-refractivity contribution >= 4 is 18.9 Å². The fourth-order valence-electron chi connectivity index (χ4n) is 4.86. The molecule has 32 heavy (non-hydrogen) atoms. The van der Waals surface area contributed by atoms with E-state index in [1.165, 1.54) is 81.0 Å². The van der Waals surface area contributed by atoms with E-state index in [0.717, 1.165) is 25.9 Å². The van der Waals surface area contributed by atoms with Gasteiger partial charge in [-0.3, -0.25) is 0 Å². The molecule has 0 atom stereocenters. The van der Waals surface area contributed by atoms with Crippen LogP contribution in [0.5, 0.6) is 0 Å². The summed E-state index contributed by atoms with van der Waals surface area (Å²) in [5, 5.41) is 2.48. The second kappa shape index (κ2) is 14.7. The van der Waals surface area contributed by atoms with E-state index in [4.69, 9.17) is 8.85 Å². The van der Waals surface area contributed by atoms with Crippen LogP contribution in [-0.2, 0) is 8.85 Å². The molecule has 2 aromatic carbocycles. The summed E-state index contributed by atoms with van der Waals surface area (Å²) in [6.45, 7) is 3.08. The highest BCUT2D eigenvalue weighted by molar-refractivity contribution is 6.92. The molecule has 0 saturated heterocycles. The summed E-state index contributed by atoms with van der Waals surface area (Å²) in [7, 11) is -2.71. The van der Waals surface area contributed by atoms with Gasteiger partial charge in [0.15, 0.2) is 0 Å². The molecule has 1 aliphatic rings. The lowest BCUT2D eigenvalue weighted by atomic mass is 10.1. The van der Waals surface area contributed by atoms with Gasteiger partial charge in [0.2, 0.25) is 0 Å². The highest BCUT2D eigenvalue weighted by Gasteiger charge is 2.45. The van der Waals surface area contributed by atoms with Crippen molar-refractivity contribution in [1.82, 2.24) is 0 Å². The van der Waals surface area contributed by atoms with Crippen LogP contribution in [0.3, 0.4) is 0 Å². The molecule has 3 heteroatoms. The number of unbranched alkanes of at least 4 members (excludes halogenated alkanes) is 9. The summed E-state index contributed by atoms with van der Waals surface area (Å²) in [4.78, 5) is 0. The predicted octanol–water partition coefficient (Wildman–Crippen LogP) is 7.14. The Morgan fingerprint density at radius 1 is 0.656 bits per heavy atom. The zero-order valence-electron chi connectivity index (χ0n) is 20.3. The maximum Gasteiger partial charge on any atom is 0.407 e. The lowest BCUT2D eigenvalue weighted by Gasteiger charge is -2.34. The molecule has 0 radical (unpaired) electrons. The van der Waals surface area contributed by atoms with Gasteiger partial charge in [0.05, 0.1) is 0 Å². The van der Waals surface area contributed by atoms with Gasteiger partial charge >= 0.3 is 8.56 Å². The summed E-state index contributed by atoms with van der Waals surface area (Å²) in [5.74, 6) is 0. The van der Waals surface area contributed by atoms with Crippen molar-refractivity contribution in [2.75, 3.05) is 6.61 Å². The van der Waals surface area contributed by atoms with Gasteiger partial charge in [-0.2, -0.15) is 0 Å². The van der Waals surface area contributed by atoms with Crippen molar-refractivity contribution in [3.05, 3.63) is 60.7 Å². The van der Waals surface area contributed by atoms with E-state index in [2.05, 4.69) is 67.6 Å². The first-order valence-corrected chi connectivity index (χ1v) is 15.1. The van der Waals surface area contributed by atoms with Gasteiger partial charge < -0.3 is 8.85 Å². The van der Waals surface area contributed by atoms with Crippen LogP contribution in [0.15, 0.2) is 60.7 Å². The van der Waals surface area contributed by atoms with E-state index < -0.39 is 8.56 Å². The minimum atomic E-state index is -2.71. The van der Waals surface area contributed by atoms with Gasteiger partial charge in [0.1, 0.15) is 0 Å². The minimum Gasteiger partial charge on any atom is -0.388 e. The van der Waals surface area contributed by atoms with E-state index in [9.17, 15) is 0 Å². The van der Waals surface area contributed by atoms with Gasteiger partial charge in [-0.15, -0.1) is 0 Å². The Bertz CT molecular complexity index is 673. The number of hydrogen-bond donors (Lipinski definition) is 0. The molecule has 1 aliphatic carbocycles. The lowest BCUT2D eigenvalue weighted by Crippen LogP contribution is -2.64. The Hall–Kier alpha value is -1.42. The fourth-order valence-corrected chi connectivity index (χ4v) is 8.27. The molecule has 1 saturated carbocycles. The quantitative estimate of drug-likeness (QED) is 0.199. The van der Waals surface area contributed by atoms with Crippen LogP contribution < -0.4 is 10.4 Å². The van der Waals surface area contributed by atoms with Crippen molar-refractivity contribution in [3.63, 3.8) is 0 Å². The molecule has 2 nitrogen and oxygen atoms in total. The Morgan fingerprint density at radius 3 is 1.62 bits per heavy atom. The molecule has 2 aromatic rings. The molecule has 0 amide bonds. The van der Waals surface area contributed by atoms with Crippen LogP contribution in [0.25, 0.3) is 0 Å². The average molecular weight is 453 g/mol. The molecule has 0 heterocycles. The molecule has 0 unspecified atom stereocenters. The van der Waals surface area contributed by atoms with Crippen molar-refractivity contribution in [1.29, 1.82) is 0 Å². The predicted molar refractivity (Wildman–Crippen MR) is 139 cm³/mol. The first kappa shape index (κ1) is 25.2. The highest BCUT2D eigenvalue weighted by Crippen LogP contribution is 2.25. The van der Waals surface area contributed by atoms with Crippen molar-refractivity contribution < 1.29 is 8.85 Å². The number of benzene rings is 2. The third-order valence-electron chi connectivity index (χ3n) is 6.75. The Balaban J connectivity index is 1.57. The van der Waals surface area contributed by atoms with Crippen LogP contribution >= 0.6 is 0 Å². The SMILES string of the molecule is CCCCCCCCCCCCO[Si](OC1CCCC1)(c1ccccc1)c1ccccc1. The van der Waals surface area contributed by atoms with Crippen LogP contribution in [0.2, 0.25) is 0 Å². The molecular weight excluding hydrogens is 408 g/mol. The molecule has 0 aromatic heterocycles. The zero-order valence-corrected chi connectivity index (χ0v) is 21.3. The van der Waals surface area contributed by atoms with Crippen LogP contribution in [0, 0.1) is 0 Å². The van der Waals surface area contributed by atoms with Gasteiger partial charge in [0, 0.05) is 12.7 Å². The summed E-state index contributed by atoms with van der Waals surface area (Å²) >= 11 is 0. The monoisotopic (exact) mass is 452 g/mol. The Kier molecular flexibility index (Phi) is 11.6. The molecule has 176 valence electrons. The summed E-state index contributed by atoms with van der Waals surface area (Å²) < 4.78 is 13.8. The Labute approximate surface area is 198 Å². The average Bonchev–Trinajstić information content (AvgIpc) is 3.36. The normalized spacial score (nSPS) is 14.8. The molecule has 0 aliphatic heterocycles. The van der Waals surface area contributed by atoms with Gasteiger partial charge in [-0.25, -0.2) is 0 Å². The molecule has 0 spiro atoms. The molecule has 1 fully saturated rings. The molecule has 0 bridgehead atoms. The maximum atomic E-state index is 6.98. The van der Waals surface area contributed by atoms with Gasteiger partial charge in [0.25, 0.3) is 0 Å². The fraction of sp³-hybridized carbons (Fsp3) is 0.586. The topological polar surface area (TPSA) is 18.5 Å². The molecule has 3 rings (SSSR count). The lowest BCUT2D eigenvalue weighted by molar-refractivity contribution is 0.133. The van der Waals surface area contributed by atoms with Gasteiger partial charge in [-0.1, -0.05) is 138 Å². The summed E-state index contributed by atoms with van der Waals surface area (Å²) in [5.41, 5.74) is 0. The number of hydrogen-bond acceptors (Lipinski definition) is 2. The van der Waals surface area contributed by atoms with Crippen LogP contribution in [-0.4, -0.2) is 21.3 Å². The summed E-state index contributed by atoms with van der Waals surface area (Å²) in [6, 6.07) is 21.5. The molecular formula is C29H44O2Si. The van der Waals surface area contributed by atoms with E-state index in [0.29, 0.717) is 6.10 Å².